The van der Waals surface area contributed by atoms with Crippen LogP contribution in [-0.4, -0.2) is 34.7 Å². The van der Waals surface area contributed by atoms with E-state index in [9.17, 15) is 22.8 Å². The standard InChI is InChI=1S/C8H13F3N2O3/c1-3-4(12)5(14)13-7(2,6(15)16)8(9,10)11/h4H,3,12H2,1-2H3,(H,13,14)(H,15,16)/t4-,7?/m0/s1. The molecule has 94 valence electrons. The molecule has 1 amide bonds. The molecular weight excluding hydrogens is 229 g/mol. The molecule has 0 rings (SSSR count). The van der Waals surface area contributed by atoms with Crippen molar-refractivity contribution < 1.29 is 27.9 Å². The van der Waals surface area contributed by atoms with Gasteiger partial charge in [0.15, 0.2) is 0 Å². The molecule has 4 N–H and O–H groups in total. The van der Waals surface area contributed by atoms with Gasteiger partial charge in [0.05, 0.1) is 6.04 Å². The van der Waals surface area contributed by atoms with E-state index >= 15 is 0 Å². The lowest BCUT2D eigenvalue weighted by Gasteiger charge is -2.29. The number of rotatable bonds is 4. The second kappa shape index (κ2) is 4.69. The molecule has 0 aliphatic heterocycles. The summed E-state index contributed by atoms with van der Waals surface area (Å²) in [6.07, 6.45) is -4.98. The van der Waals surface area contributed by atoms with Crippen molar-refractivity contribution >= 4 is 11.9 Å². The SMILES string of the molecule is CC[C@H](N)C(=O)NC(C)(C(=O)O)C(F)(F)F. The topological polar surface area (TPSA) is 92.4 Å². The number of aliphatic carboxylic acids is 1. The van der Waals surface area contributed by atoms with Gasteiger partial charge in [0.25, 0.3) is 0 Å². The van der Waals surface area contributed by atoms with E-state index in [1.807, 2.05) is 0 Å². The van der Waals surface area contributed by atoms with Gasteiger partial charge in [-0.05, 0) is 13.3 Å². The third-order valence-electron chi connectivity index (χ3n) is 2.14. The van der Waals surface area contributed by atoms with Gasteiger partial charge in [-0.2, -0.15) is 13.2 Å². The molecule has 2 atom stereocenters. The highest BCUT2D eigenvalue weighted by molar-refractivity contribution is 5.89. The number of carbonyl (C=O) groups excluding carboxylic acids is 1. The van der Waals surface area contributed by atoms with Gasteiger partial charge in [0, 0.05) is 0 Å². The minimum Gasteiger partial charge on any atom is -0.479 e. The Bertz CT molecular complexity index is 293. The van der Waals surface area contributed by atoms with E-state index in [1.165, 1.54) is 12.2 Å². The number of carbonyl (C=O) groups is 2. The predicted octanol–water partition coefficient (Wildman–Crippen LogP) is 0.245. The summed E-state index contributed by atoms with van der Waals surface area (Å²) < 4.78 is 37.3. The minimum atomic E-state index is -5.10. The summed E-state index contributed by atoms with van der Waals surface area (Å²) in [6.45, 7) is 1.87. The summed E-state index contributed by atoms with van der Waals surface area (Å²) in [5, 5.41) is 9.89. The second-order valence-corrected chi connectivity index (χ2v) is 3.43. The highest BCUT2D eigenvalue weighted by atomic mass is 19.4. The Hall–Kier alpha value is -1.31. The van der Waals surface area contributed by atoms with Crippen LogP contribution < -0.4 is 11.1 Å². The average Bonchev–Trinajstić information content (AvgIpc) is 2.14. The summed E-state index contributed by atoms with van der Waals surface area (Å²) in [5.41, 5.74) is 1.87. The first-order chi connectivity index (χ1) is 7.06. The zero-order valence-corrected chi connectivity index (χ0v) is 8.76. The van der Waals surface area contributed by atoms with Crippen LogP contribution in [-0.2, 0) is 9.59 Å². The van der Waals surface area contributed by atoms with Crippen molar-refractivity contribution in [2.45, 2.75) is 38.0 Å². The van der Waals surface area contributed by atoms with Crippen LogP contribution in [0.1, 0.15) is 20.3 Å². The first kappa shape index (κ1) is 14.7. The highest BCUT2D eigenvalue weighted by Crippen LogP contribution is 2.30. The first-order valence-electron chi connectivity index (χ1n) is 4.44. The van der Waals surface area contributed by atoms with E-state index in [-0.39, 0.29) is 6.42 Å². The number of hydrogen-bond donors (Lipinski definition) is 3. The third kappa shape index (κ3) is 2.84. The monoisotopic (exact) mass is 242 g/mol. The van der Waals surface area contributed by atoms with Crippen LogP contribution in [0.2, 0.25) is 0 Å². The quantitative estimate of drug-likeness (QED) is 0.658. The van der Waals surface area contributed by atoms with Crippen LogP contribution in [0.5, 0.6) is 0 Å². The van der Waals surface area contributed by atoms with Gasteiger partial charge < -0.3 is 16.2 Å². The molecule has 0 radical (unpaired) electrons. The van der Waals surface area contributed by atoms with Crippen molar-refractivity contribution in [1.29, 1.82) is 0 Å². The van der Waals surface area contributed by atoms with E-state index in [0.29, 0.717) is 6.92 Å². The summed E-state index contributed by atoms with van der Waals surface area (Å²) in [4.78, 5) is 21.7. The molecule has 0 fully saturated rings. The molecule has 0 saturated heterocycles. The Morgan fingerprint density at radius 3 is 2.12 bits per heavy atom. The van der Waals surface area contributed by atoms with Gasteiger partial charge in [-0.15, -0.1) is 0 Å². The molecule has 0 heterocycles. The van der Waals surface area contributed by atoms with Gasteiger partial charge in [0.2, 0.25) is 11.4 Å². The molecule has 0 saturated carbocycles. The molecule has 0 bridgehead atoms. The molecule has 5 nitrogen and oxygen atoms in total. The maximum Gasteiger partial charge on any atom is 0.422 e. The summed E-state index contributed by atoms with van der Waals surface area (Å²) in [5.74, 6) is -3.33. The zero-order chi connectivity index (χ0) is 13.1. The molecule has 0 aliphatic carbocycles. The van der Waals surface area contributed by atoms with E-state index < -0.39 is 29.6 Å². The van der Waals surface area contributed by atoms with Crippen molar-refractivity contribution in [1.82, 2.24) is 5.32 Å². The van der Waals surface area contributed by atoms with Gasteiger partial charge in [0.1, 0.15) is 0 Å². The minimum absolute atomic E-state index is 0.111. The van der Waals surface area contributed by atoms with Crippen molar-refractivity contribution in [2.24, 2.45) is 5.73 Å². The Morgan fingerprint density at radius 2 is 1.88 bits per heavy atom. The fraction of sp³-hybridized carbons (Fsp3) is 0.750. The normalized spacial score (nSPS) is 17.4. The molecule has 1 unspecified atom stereocenters. The molecule has 16 heavy (non-hydrogen) atoms. The van der Waals surface area contributed by atoms with Crippen LogP contribution in [0, 0.1) is 0 Å². The van der Waals surface area contributed by atoms with Crippen molar-refractivity contribution in [3.05, 3.63) is 0 Å². The number of carboxylic acids is 1. The van der Waals surface area contributed by atoms with Gasteiger partial charge in [-0.3, -0.25) is 4.79 Å². The van der Waals surface area contributed by atoms with Crippen LogP contribution in [0.25, 0.3) is 0 Å². The Morgan fingerprint density at radius 1 is 1.44 bits per heavy atom. The van der Waals surface area contributed by atoms with Crippen molar-refractivity contribution in [2.75, 3.05) is 0 Å². The third-order valence-corrected chi connectivity index (χ3v) is 2.14. The maximum absolute atomic E-state index is 12.4. The molecule has 8 heteroatoms. The smallest absolute Gasteiger partial charge is 0.422 e. The average molecular weight is 242 g/mol. The van der Waals surface area contributed by atoms with Crippen molar-refractivity contribution in [3.8, 4) is 0 Å². The second-order valence-electron chi connectivity index (χ2n) is 3.43. The van der Waals surface area contributed by atoms with Gasteiger partial charge >= 0.3 is 12.1 Å². The Kier molecular flexibility index (Phi) is 4.30. The van der Waals surface area contributed by atoms with Gasteiger partial charge in [-0.25, -0.2) is 4.79 Å². The lowest BCUT2D eigenvalue weighted by molar-refractivity contribution is -0.207. The lowest BCUT2D eigenvalue weighted by atomic mass is 10.0. The molecule has 0 aromatic rings. The molecule has 0 spiro atoms. The van der Waals surface area contributed by atoms with Crippen LogP contribution in [0.3, 0.4) is 0 Å². The predicted molar refractivity (Wildman–Crippen MR) is 48.5 cm³/mol. The molecule has 0 aromatic heterocycles. The summed E-state index contributed by atoms with van der Waals surface area (Å²) >= 11 is 0. The van der Waals surface area contributed by atoms with Crippen LogP contribution in [0.4, 0.5) is 13.2 Å². The molecule has 0 aliphatic rings. The lowest BCUT2D eigenvalue weighted by Crippen LogP contribution is -2.64. The molecular formula is C8H13F3N2O3. The van der Waals surface area contributed by atoms with Crippen LogP contribution in [0.15, 0.2) is 0 Å². The van der Waals surface area contributed by atoms with E-state index in [2.05, 4.69) is 0 Å². The Balaban J connectivity index is 4.99. The Labute approximate surface area is 89.8 Å². The number of nitrogens with one attached hydrogen (secondary N) is 1. The number of alkyl halides is 3. The number of carboxylic acid groups (broad SMARTS) is 1. The fourth-order valence-corrected chi connectivity index (χ4v) is 0.770. The number of nitrogens with two attached hydrogens (primary N) is 1. The maximum atomic E-state index is 12.4. The van der Waals surface area contributed by atoms with E-state index in [0.717, 1.165) is 0 Å². The van der Waals surface area contributed by atoms with E-state index in [4.69, 9.17) is 10.8 Å². The number of hydrogen-bond acceptors (Lipinski definition) is 3. The number of amides is 1. The van der Waals surface area contributed by atoms with Crippen molar-refractivity contribution in [3.63, 3.8) is 0 Å². The summed E-state index contributed by atoms with van der Waals surface area (Å²) in [7, 11) is 0. The van der Waals surface area contributed by atoms with Gasteiger partial charge in [-0.1, -0.05) is 6.92 Å². The van der Waals surface area contributed by atoms with Crippen LogP contribution >= 0.6 is 0 Å². The summed E-state index contributed by atoms with van der Waals surface area (Å²) in [6, 6.07) is -1.17. The largest absolute Gasteiger partial charge is 0.479 e. The number of halogens is 3. The molecule has 0 aromatic carbocycles. The fourth-order valence-electron chi connectivity index (χ4n) is 0.770. The zero-order valence-electron chi connectivity index (χ0n) is 8.76. The van der Waals surface area contributed by atoms with E-state index in [1.54, 1.807) is 0 Å². The first-order valence-corrected chi connectivity index (χ1v) is 4.44. The highest BCUT2D eigenvalue weighted by Gasteiger charge is 2.58.